The molecular weight excluding hydrogens is 547 g/mol. The van der Waals surface area contributed by atoms with Crippen LogP contribution in [0.1, 0.15) is 29.7 Å². The van der Waals surface area contributed by atoms with Gasteiger partial charge in [0.1, 0.15) is 0 Å². The minimum absolute atomic E-state index is 0.0345. The van der Waals surface area contributed by atoms with Gasteiger partial charge < -0.3 is 5.32 Å². The molecule has 0 saturated carbocycles. The number of aryl methyl sites for hydroxylation is 1. The van der Waals surface area contributed by atoms with Crippen molar-refractivity contribution in [3.63, 3.8) is 0 Å². The van der Waals surface area contributed by atoms with Gasteiger partial charge in [-0.3, -0.25) is 4.79 Å². The summed E-state index contributed by atoms with van der Waals surface area (Å²) in [6, 6.07) is 18.7. The van der Waals surface area contributed by atoms with Crippen molar-refractivity contribution in [1.29, 1.82) is 0 Å². The quantitative estimate of drug-likeness (QED) is 0.355. The normalized spacial score (nSPS) is 12.5. The first kappa shape index (κ1) is 25.7. The lowest BCUT2D eigenvalue weighted by atomic mass is 10.1. The molecule has 1 atom stereocenters. The molecule has 33 heavy (non-hydrogen) atoms. The van der Waals surface area contributed by atoms with Gasteiger partial charge >= 0.3 is 0 Å². The van der Waals surface area contributed by atoms with Gasteiger partial charge in [-0.1, -0.05) is 75.0 Å². The number of nitrogens with one attached hydrogen (secondary N) is 1. The lowest BCUT2D eigenvalue weighted by Gasteiger charge is -2.23. The Morgan fingerprint density at radius 1 is 1.00 bits per heavy atom. The molecule has 0 aliphatic rings. The molecule has 3 aromatic carbocycles. The molecule has 0 heterocycles. The van der Waals surface area contributed by atoms with E-state index in [2.05, 4.69) is 21.2 Å². The SMILES string of the molecule is Cc1ccc(S(=O)(=O)N(CC(=O)NC(C)c2ccc(Br)cc2)Cc2ccc(Cl)c(Cl)c2)cc1. The van der Waals surface area contributed by atoms with Gasteiger partial charge in [-0.15, -0.1) is 0 Å². The molecule has 0 aliphatic carbocycles. The Bertz CT molecular complexity index is 1230. The number of carbonyl (C=O) groups excluding carboxylic acids is 1. The summed E-state index contributed by atoms with van der Waals surface area (Å²) in [6.07, 6.45) is 0. The van der Waals surface area contributed by atoms with E-state index in [4.69, 9.17) is 23.2 Å². The van der Waals surface area contributed by atoms with Crippen LogP contribution in [0.15, 0.2) is 76.1 Å². The number of benzene rings is 3. The molecule has 1 unspecified atom stereocenters. The van der Waals surface area contributed by atoms with E-state index in [1.807, 2.05) is 38.1 Å². The zero-order valence-corrected chi connectivity index (χ0v) is 22.0. The summed E-state index contributed by atoms with van der Waals surface area (Å²) in [4.78, 5) is 13.0. The first-order valence-electron chi connectivity index (χ1n) is 10.1. The van der Waals surface area contributed by atoms with Crippen LogP contribution in [0.3, 0.4) is 0 Å². The van der Waals surface area contributed by atoms with E-state index in [9.17, 15) is 13.2 Å². The Kier molecular flexibility index (Phi) is 8.59. The summed E-state index contributed by atoms with van der Waals surface area (Å²) in [5.41, 5.74) is 2.46. The molecule has 9 heteroatoms. The molecule has 174 valence electrons. The number of carbonyl (C=O) groups is 1. The minimum Gasteiger partial charge on any atom is -0.348 e. The van der Waals surface area contributed by atoms with E-state index >= 15 is 0 Å². The average Bonchev–Trinajstić information content (AvgIpc) is 2.76. The zero-order chi connectivity index (χ0) is 24.2. The Balaban J connectivity index is 1.85. The van der Waals surface area contributed by atoms with Crippen molar-refractivity contribution in [2.24, 2.45) is 0 Å². The van der Waals surface area contributed by atoms with E-state index in [-0.39, 0.29) is 24.0 Å². The van der Waals surface area contributed by atoms with Crippen LogP contribution in [-0.4, -0.2) is 25.2 Å². The second kappa shape index (κ2) is 11.0. The minimum atomic E-state index is -3.95. The molecule has 5 nitrogen and oxygen atoms in total. The largest absolute Gasteiger partial charge is 0.348 e. The number of nitrogens with zero attached hydrogens (tertiary/aromatic N) is 1. The smallest absolute Gasteiger partial charge is 0.243 e. The maximum atomic E-state index is 13.4. The van der Waals surface area contributed by atoms with E-state index in [0.717, 1.165) is 19.9 Å². The molecule has 0 spiro atoms. The highest BCUT2D eigenvalue weighted by atomic mass is 79.9. The Labute approximate surface area is 212 Å². The fourth-order valence-corrected chi connectivity index (χ4v) is 5.18. The summed E-state index contributed by atoms with van der Waals surface area (Å²) in [5, 5.41) is 3.56. The maximum Gasteiger partial charge on any atom is 0.243 e. The highest BCUT2D eigenvalue weighted by Crippen LogP contribution is 2.25. The predicted molar refractivity (Wildman–Crippen MR) is 136 cm³/mol. The van der Waals surface area contributed by atoms with E-state index in [1.54, 1.807) is 30.3 Å². The molecule has 0 bridgehead atoms. The first-order chi connectivity index (χ1) is 15.6. The Morgan fingerprint density at radius 2 is 1.64 bits per heavy atom. The summed E-state index contributed by atoms with van der Waals surface area (Å²) in [7, 11) is -3.95. The summed E-state index contributed by atoms with van der Waals surface area (Å²) in [6.45, 7) is 3.34. The third-order valence-electron chi connectivity index (χ3n) is 5.07. The zero-order valence-electron chi connectivity index (χ0n) is 18.1. The van der Waals surface area contributed by atoms with Gasteiger partial charge in [0, 0.05) is 11.0 Å². The van der Waals surface area contributed by atoms with Gasteiger partial charge in [-0.25, -0.2) is 8.42 Å². The van der Waals surface area contributed by atoms with Crippen molar-refractivity contribution >= 4 is 55.1 Å². The van der Waals surface area contributed by atoms with Crippen LogP contribution < -0.4 is 5.32 Å². The van der Waals surface area contributed by atoms with E-state index < -0.39 is 15.9 Å². The summed E-state index contributed by atoms with van der Waals surface area (Å²) < 4.78 is 28.9. The van der Waals surface area contributed by atoms with Gasteiger partial charge in [-0.2, -0.15) is 4.31 Å². The standard InChI is InChI=1S/C24H23BrCl2N2O3S/c1-16-3-10-21(11-4-16)33(31,32)29(14-18-5-12-22(26)23(27)13-18)15-24(30)28-17(2)19-6-8-20(25)9-7-19/h3-13,17H,14-15H2,1-2H3,(H,28,30). The van der Waals surface area contributed by atoms with Crippen LogP contribution in [0.4, 0.5) is 0 Å². The van der Waals surface area contributed by atoms with Crippen LogP contribution in [0.25, 0.3) is 0 Å². The van der Waals surface area contributed by atoms with E-state index in [1.165, 1.54) is 12.1 Å². The first-order valence-corrected chi connectivity index (χ1v) is 13.1. The molecule has 3 aromatic rings. The van der Waals surface area contributed by atoms with Crippen molar-refractivity contribution in [2.45, 2.75) is 31.3 Å². The number of hydrogen-bond donors (Lipinski definition) is 1. The third kappa shape index (κ3) is 6.80. The van der Waals surface area contributed by atoms with Crippen LogP contribution in [0, 0.1) is 6.92 Å². The Morgan fingerprint density at radius 3 is 2.24 bits per heavy atom. The molecular formula is C24H23BrCl2N2O3S. The highest BCUT2D eigenvalue weighted by molar-refractivity contribution is 9.10. The average molecular weight is 570 g/mol. The van der Waals surface area contributed by atoms with Gasteiger partial charge in [-0.05, 0) is 61.4 Å². The van der Waals surface area contributed by atoms with Gasteiger partial charge in [0.15, 0.2) is 0 Å². The van der Waals surface area contributed by atoms with Crippen molar-refractivity contribution in [3.05, 3.63) is 97.9 Å². The summed E-state index contributed by atoms with van der Waals surface area (Å²) >= 11 is 15.5. The van der Waals surface area contributed by atoms with Crippen LogP contribution in [0.2, 0.25) is 10.0 Å². The molecule has 3 rings (SSSR count). The fraction of sp³-hybridized carbons (Fsp3) is 0.208. The lowest BCUT2D eigenvalue weighted by Crippen LogP contribution is -2.41. The fourth-order valence-electron chi connectivity index (χ4n) is 3.21. The van der Waals surface area contributed by atoms with Crippen LogP contribution >= 0.6 is 39.1 Å². The van der Waals surface area contributed by atoms with Crippen LogP contribution in [-0.2, 0) is 21.4 Å². The van der Waals surface area contributed by atoms with Gasteiger partial charge in [0.05, 0.1) is 27.5 Å². The van der Waals surface area contributed by atoms with Gasteiger partial charge in [0.2, 0.25) is 15.9 Å². The topological polar surface area (TPSA) is 66.5 Å². The maximum absolute atomic E-state index is 13.4. The molecule has 1 amide bonds. The second-order valence-corrected chi connectivity index (χ2v) is 11.3. The van der Waals surface area contributed by atoms with Crippen molar-refractivity contribution in [3.8, 4) is 0 Å². The molecule has 1 N–H and O–H groups in total. The van der Waals surface area contributed by atoms with Crippen LogP contribution in [0.5, 0.6) is 0 Å². The molecule has 0 aliphatic heterocycles. The monoisotopic (exact) mass is 568 g/mol. The van der Waals surface area contributed by atoms with E-state index in [0.29, 0.717) is 15.6 Å². The number of sulfonamides is 1. The van der Waals surface area contributed by atoms with Gasteiger partial charge in [0.25, 0.3) is 0 Å². The van der Waals surface area contributed by atoms with Crippen molar-refractivity contribution in [1.82, 2.24) is 9.62 Å². The Hall–Kier alpha value is -1.90. The molecule has 0 radical (unpaired) electrons. The third-order valence-corrected chi connectivity index (χ3v) is 8.14. The van der Waals surface area contributed by atoms with Crippen molar-refractivity contribution < 1.29 is 13.2 Å². The number of rotatable bonds is 8. The molecule has 0 fully saturated rings. The van der Waals surface area contributed by atoms with Crippen molar-refractivity contribution in [2.75, 3.05) is 6.54 Å². The lowest BCUT2D eigenvalue weighted by molar-refractivity contribution is -0.122. The summed E-state index contributed by atoms with van der Waals surface area (Å²) in [5.74, 6) is -0.416. The second-order valence-electron chi connectivity index (χ2n) is 7.68. The number of hydrogen-bond acceptors (Lipinski definition) is 3. The number of amides is 1. The molecule has 0 saturated heterocycles. The predicted octanol–water partition coefficient (Wildman–Crippen LogP) is 6.13. The molecule has 0 aromatic heterocycles. The highest BCUT2D eigenvalue weighted by Gasteiger charge is 2.27. The number of halogens is 3.